The Balaban J connectivity index is 1.73. The SMILES string of the molecule is COc1ccc(CCNCC2CCOCC2)cc1OC. The van der Waals surface area contributed by atoms with Crippen molar-refractivity contribution in [1.82, 2.24) is 5.32 Å². The second-order valence-electron chi connectivity index (χ2n) is 5.20. The summed E-state index contributed by atoms with van der Waals surface area (Å²) in [5.74, 6) is 2.36. The zero-order chi connectivity index (χ0) is 14.2. The summed E-state index contributed by atoms with van der Waals surface area (Å²) < 4.78 is 15.9. The molecule has 0 bridgehead atoms. The van der Waals surface area contributed by atoms with E-state index in [0.29, 0.717) is 0 Å². The van der Waals surface area contributed by atoms with E-state index in [1.807, 2.05) is 6.07 Å². The van der Waals surface area contributed by atoms with Crippen LogP contribution >= 0.6 is 0 Å². The van der Waals surface area contributed by atoms with Crippen LogP contribution in [0.15, 0.2) is 18.2 Å². The van der Waals surface area contributed by atoms with Crippen LogP contribution < -0.4 is 14.8 Å². The van der Waals surface area contributed by atoms with Crippen molar-refractivity contribution in [2.75, 3.05) is 40.5 Å². The third-order valence-corrected chi connectivity index (χ3v) is 3.81. The van der Waals surface area contributed by atoms with E-state index in [4.69, 9.17) is 14.2 Å². The summed E-state index contributed by atoms with van der Waals surface area (Å²) in [6.07, 6.45) is 3.37. The molecule has 20 heavy (non-hydrogen) atoms. The lowest BCUT2D eigenvalue weighted by Gasteiger charge is -2.22. The quantitative estimate of drug-likeness (QED) is 0.777. The normalized spacial score (nSPS) is 16.1. The number of rotatable bonds is 7. The van der Waals surface area contributed by atoms with Gasteiger partial charge in [0.1, 0.15) is 0 Å². The smallest absolute Gasteiger partial charge is 0.160 e. The molecule has 0 radical (unpaired) electrons. The summed E-state index contributed by atoms with van der Waals surface area (Å²) in [5.41, 5.74) is 1.27. The fraction of sp³-hybridized carbons (Fsp3) is 0.625. The van der Waals surface area contributed by atoms with Gasteiger partial charge in [0.2, 0.25) is 0 Å². The van der Waals surface area contributed by atoms with Crippen LogP contribution in [0.4, 0.5) is 0 Å². The molecule has 0 atom stereocenters. The molecule has 1 N–H and O–H groups in total. The maximum Gasteiger partial charge on any atom is 0.160 e. The molecule has 0 amide bonds. The van der Waals surface area contributed by atoms with Gasteiger partial charge in [0, 0.05) is 13.2 Å². The van der Waals surface area contributed by atoms with Crippen molar-refractivity contribution in [2.24, 2.45) is 5.92 Å². The third kappa shape index (κ3) is 4.39. The average Bonchev–Trinajstić information content (AvgIpc) is 2.52. The van der Waals surface area contributed by atoms with E-state index in [-0.39, 0.29) is 0 Å². The Labute approximate surface area is 121 Å². The number of methoxy groups -OCH3 is 2. The number of hydrogen-bond acceptors (Lipinski definition) is 4. The number of hydrogen-bond donors (Lipinski definition) is 1. The Morgan fingerprint density at radius 3 is 2.60 bits per heavy atom. The molecule has 4 nitrogen and oxygen atoms in total. The van der Waals surface area contributed by atoms with Gasteiger partial charge in [-0.2, -0.15) is 0 Å². The van der Waals surface area contributed by atoms with Gasteiger partial charge >= 0.3 is 0 Å². The molecular weight excluding hydrogens is 254 g/mol. The molecule has 112 valence electrons. The van der Waals surface area contributed by atoms with Crippen LogP contribution in [0.25, 0.3) is 0 Å². The minimum atomic E-state index is 0.772. The van der Waals surface area contributed by atoms with Crippen molar-refractivity contribution in [3.8, 4) is 11.5 Å². The molecule has 1 aliphatic heterocycles. The maximum absolute atomic E-state index is 5.37. The van der Waals surface area contributed by atoms with E-state index in [0.717, 1.165) is 50.1 Å². The third-order valence-electron chi connectivity index (χ3n) is 3.81. The molecular formula is C16H25NO3. The van der Waals surface area contributed by atoms with Crippen LogP contribution in [0.5, 0.6) is 11.5 Å². The van der Waals surface area contributed by atoms with Gasteiger partial charge in [0.15, 0.2) is 11.5 Å². The summed E-state index contributed by atoms with van der Waals surface area (Å²) in [5, 5.41) is 3.54. The summed E-state index contributed by atoms with van der Waals surface area (Å²) in [6, 6.07) is 6.11. The van der Waals surface area contributed by atoms with E-state index in [1.54, 1.807) is 14.2 Å². The molecule has 0 saturated carbocycles. The Kier molecular flexibility index (Phi) is 6.15. The van der Waals surface area contributed by atoms with Crippen molar-refractivity contribution in [3.05, 3.63) is 23.8 Å². The van der Waals surface area contributed by atoms with Gasteiger partial charge in [-0.1, -0.05) is 6.07 Å². The Bertz CT molecular complexity index is 403. The van der Waals surface area contributed by atoms with Crippen molar-refractivity contribution >= 4 is 0 Å². The zero-order valence-electron chi connectivity index (χ0n) is 12.5. The molecule has 1 aromatic rings. The molecule has 1 fully saturated rings. The van der Waals surface area contributed by atoms with Gasteiger partial charge < -0.3 is 19.5 Å². The minimum absolute atomic E-state index is 0.772. The fourth-order valence-electron chi connectivity index (χ4n) is 2.53. The Hall–Kier alpha value is -1.26. The highest BCUT2D eigenvalue weighted by Gasteiger charge is 2.12. The highest BCUT2D eigenvalue weighted by Crippen LogP contribution is 2.27. The predicted molar refractivity (Wildman–Crippen MR) is 79.7 cm³/mol. The molecule has 0 aliphatic carbocycles. The highest BCUT2D eigenvalue weighted by atomic mass is 16.5. The van der Waals surface area contributed by atoms with Crippen molar-refractivity contribution in [1.29, 1.82) is 0 Å². The molecule has 1 aromatic carbocycles. The molecule has 1 aliphatic rings. The lowest BCUT2D eigenvalue weighted by molar-refractivity contribution is 0.0664. The predicted octanol–water partition coefficient (Wildman–Crippen LogP) is 2.26. The first-order chi connectivity index (χ1) is 9.83. The molecule has 1 heterocycles. The standard InChI is InChI=1S/C16H25NO3/c1-18-15-4-3-13(11-16(15)19-2)5-8-17-12-14-6-9-20-10-7-14/h3-4,11,14,17H,5-10,12H2,1-2H3. The van der Waals surface area contributed by atoms with Crippen LogP contribution in [0.1, 0.15) is 18.4 Å². The maximum atomic E-state index is 5.37. The van der Waals surface area contributed by atoms with Crippen LogP contribution in [-0.4, -0.2) is 40.5 Å². The first-order valence-electron chi connectivity index (χ1n) is 7.33. The second kappa shape index (κ2) is 8.12. The number of ether oxygens (including phenoxy) is 3. The average molecular weight is 279 g/mol. The highest BCUT2D eigenvalue weighted by molar-refractivity contribution is 5.42. The fourth-order valence-corrected chi connectivity index (χ4v) is 2.53. The van der Waals surface area contributed by atoms with Crippen LogP contribution in [0, 0.1) is 5.92 Å². The van der Waals surface area contributed by atoms with Crippen LogP contribution in [-0.2, 0) is 11.2 Å². The monoisotopic (exact) mass is 279 g/mol. The lowest BCUT2D eigenvalue weighted by atomic mass is 10.0. The molecule has 0 aromatic heterocycles. The first-order valence-corrected chi connectivity index (χ1v) is 7.33. The summed E-state index contributed by atoms with van der Waals surface area (Å²) in [7, 11) is 3.33. The largest absolute Gasteiger partial charge is 0.493 e. The zero-order valence-corrected chi connectivity index (χ0v) is 12.5. The molecule has 4 heteroatoms. The van der Waals surface area contributed by atoms with E-state index in [2.05, 4.69) is 17.4 Å². The first kappa shape index (κ1) is 15.1. The van der Waals surface area contributed by atoms with Gasteiger partial charge in [-0.3, -0.25) is 0 Å². The minimum Gasteiger partial charge on any atom is -0.493 e. The topological polar surface area (TPSA) is 39.7 Å². The Morgan fingerprint density at radius 1 is 1.15 bits per heavy atom. The lowest BCUT2D eigenvalue weighted by Crippen LogP contribution is -2.29. The molecule has 0 spiro atoms. The molecule has 2 rings (SSSR count). The number of nitrogens with one attached hydrogen (secondary N) is 1. The van der Waals surface area contributed by atoms with Crippen molar-refractivity contribution < 1.29 is 14.2 Å². The van der Waals surface area contributed by atoms with Crippen LogP contribution in [0.2, 0.25) is 0 Å². The van der Waals surface area contributed by atoms with Crippen molar-refractivity contribution in [3.63, 3.8) is 0 Å². The van der Waals surface area contributed by atoms with Gasteiger partial charge in [0.25, 0.3) is 0 Å². The van der Waals surface area contributed by atoms with Gasteiger partial charge in [-0.15, -0.1) is 0 Å². The summed E-state index contributed by atoms with van der Waals surface area (Å²) in [6.45, 7) is 3.92. The van der Waals surface area contributed by atoms with E-state index in [1.165, 1.54) is 18.4 Å². The molecule has 0 unspecified atom stereocenters. The van der Waals surface area contributed by atoms with Gasteiger partial charge in [-0.25, -0.2) is 0 Å². The number of benzene rings is 1. The van der Waals surface area contributed by atoms with E-state index < -0.39 is 0 Å². The second-order valence-corrected chi connectivity index (χ2v) is 5.20. The Morgan fingerprint density at radius 2 is 1.90 bits per heavy atom. The van der Waals surface area contributed by atoms with Gasteiger partial charge in [0.05, 0.1) is 14.2 Å². The van der Waals surface area contributed by atoms with Crippen molar-refractivity contribution in [2.45, 2.75) is 19.3 Å². The summed E-state index contributed by atoms with van der Waals surface area (Å²) >= 11 is 0. The van der Waals surface area contributed by atoms with Crippen LogP contribution in [0.3, 0.4) is 0 Å². The molecule has 1 saturated heterocycles. The summed E-state index contributed by atoms with van der Waals surface area (Å²) in [4.78, 5) is 0. The van der Waals surface area contributed by atoms with Gasteiger partial charge in [-0.05, 0) is 56.0 Å². The van der Waals surface area contributed by atoms with E-state index in [9.17, 15) is 0 Å². The van der Waals surface area contributed by atoms with E-state index >= 15 is 0 Å².